The van der Waals surface area contributed by atoms with Crippen molar-refractivity contribution in [2.45, 2.75) is 13.8 Å². The van der Waals surface area contributed by atoms with Crippen LogP contribution in [0, 0.1) is 28.7 Å². The molecule has 0 N–H and O–H groups in total. The summed E-state index contributed by atoms with van der Waals surface area (Å²) in [7, 11) is -10.7. The molecule has 0 saturated carbocycles. The monoisotopic (exact) mass is 663 g/mol. The molecule has 5 aromatic rings. The average Bonchev–Trinajstić information content (AvgIpc) is 2.89. The van der Waals surface area contributed by atoms with Gasteiger partial charge in [-0.3, -0.25) is 9.97 Å². The van der Waals surface area contributed by atoms with Crippen LogP contribution < -0.4 is 0 Å². The first kappa shape index (κ1) is 36.0. The van der Waals surface area contributed by atoms with Crippen LogP contribution >= 0.6 is 7.81 Å². The van der Waals surface area contributed by atoms with Crippen LogP contribution in [0.15, 0.2) is 97.5 Å². The molecule has 0 fully saturated rings. The van der Waals surface area contributed by atoms with Crippen molar-refractivity contribution in [3.63, 3.8) is 0 Å². The van der Waals surface area contributed by atoms with E-state index in [1.54, 1.807) is 30.7 Å². The van der Waals surface area contributed by atoms with E-state index in [0.717, 1.165) is 33.1 Å². The largest absolute Gasteiger partial charge is 6.00 e. The van der Waals surface area contributed by atoms with Gasteiger partial charge in [0.05, 0.1) is 23.2 Å². The number of benzene rings is 2. The van der Waals surface area contributed by atoms with Crippen LogP contribution in [0.2, 0.25) is 0 Å². The number of nitriles is 2. The fraction of sp³-hybridized carbons (Fsp3) is 0.0741. The van der Waals surface area contributed by atoms with Gasteiger partial charge in [-0.15, -0.1) is 35.9 Å². The van der Waals surface area contributed by atoms with Gasteiger partial charge in [0.2, 0.25) is 0 Å². The minimum absolute atomic E-state index is 0. The van der Waals surface area contributed by atoms with Crippen LogP contribution in [0.5, 0.6) is 0 Å². The molecule has 3 aromatic heterocycles. The van der Waals surface area contributed by atoms with E-state index in [0.29, 0.717) is 0 Å². The number of hydrogen-bond donors (Lipinski definition) is 0. The Morgan fingerprint density at radius 3 is 1.43 bits per heavy atom. The number of rotatable bonds is 1. The molecule has 5 rings (SSSR count). The van der Waals surface area contributed by atoms with E-state index < -0.39 is 7.81 Å². The van der Waals surface area contributed by atoms with Gasteiger partial charge in [0.1, 0.15) is 0 Å². The number of aromatic nitrogens is 3. The molecule has 0 amide bonds. The quantitative estimate of drug-likeness (QED) is 0.0587. The maximum atomic E-state index is 9.87. The van der Waals surface area contributed by atoms with E-state index in [1.165, 1.54) is 13.8 Å². The Hall–Kier alpha value is -3.98. The molecular weight excluding hydrogens is 640 g/mol. The van der Waals surface area contributed by atoms with Crippen LogP contribution in [-0.2, 0) is 19.5 Å². The van der Waals surface area contributed by atoms with Gasteiger partial charge in [0, 0.05) is 43.2 Å². The van der Waals surface area contributed by atoms with Gasteiger partial charge >= 0.3 is 52.5 Å². The van der Waals surface area contributed by atoms with Gasteiger partial charge < -0.3 is 4.98 Å². The van der Waals surface area contributed by atoms with E-state index in [1.807, 2.05) is 54.6 Å². The van der Waals surface area contributed by atoms with Crippen molar-refractivity contribution < 1.29 is 44.7 Å². The van der Waals surface area contributed by atoms with Crippen molar-refractivity contribution in [3.05, 3.63) is 104 Å². The molecule has 0 aliphatic carbocycles. The van der Waals surface area contributed by atoms with Crippen molar-refractivity contribution in [1.82, 2.24) is 15.0 Å². The van der Waals surface area contributed by atoms with E-state index in [-0.39, 0.29) is 19.5 Å². The summed E-state index contributed by atoms with van der Waals surface area (Å²) in [5, 5.41) is 16.9. The maximum Gasteiger partial charge on any atom is 6.00 e. The SMILES string of the molecule is CC#N.CC#N.F[P-](F)(F)(F)(F)F.[Ru+6].[c-]1ccccc1-c1ccccn1.c1cnc2c(c1)ccc1cccnc12. The van der Waals surface area contributed by atoms with Crippen LogP contribution in [0.25, 0.3) is 33.1 Å². The molecule has 206 valence electrons. The van der Waals surface area contributed by atoms with Crippen LogP contribution in [0.3, 0.4) is 0 Å². The van der Waals surface area contributed by atoms with Crippen molar-refractivity contribution in [1.29, 1.82) is 10.5 Å². The first-order valence-electron chi connectivity index (χ1n) is 10.8. The molecule has 0 saturated heterocycles. The van der Waals surface area contributed by atoms with E-state index in [9.17, 15) is 25.2 Å². The predicted octanol–water partition coefficient (Wildman–Crippen LogP) is 9.77. The number of pyridine rings is 3. The Labute approximate surface area is 240 Å². The second-order valence-electron chi connectivity index (χ2n) is 7.11. The summed E-state index contributed by atoms with van der Waals surface area (Å²) in [6.07, 6.45) is 5.39. The number of hydrogen-bond acceptors (Lipinski definition) is 5. The fourth-order valence-electron chi connectivity index (χ4n) is 2.75. The van der Waals surface area contributed by atoms with Crippen molar-refractivity contribution >= 4 is 29.6 Å². The molecule has 0 atom stereocenters. The third kappa shape index (κ3) is 16.8. The Bertz CT molecular complexity index is 1430. The third-order valence-electron chi connectivity index (χ3n) is 3.99. The minimum Gasteiger partial charge on any atom is -0.305 e. The van der Waals surface area contributed by atoms with Crippen molar-refractivity contribution in [3.8, 4) is 23.4 Å². The fourth-order valence-corrected chi connectivity index (χ4v) is 2.75. The Kier molecular flexibility index (Phi) is 14.0. The van der Waals surface area contributed by atoms with Gasteiger partial charge in [0.15, 0.2) is 0 Å². The summed E-state index contributed by atoms with van der Waals surface area (Å²) < 4.78 is 59.2. The van der Waals surface area contributed by atoms with Gasteiger partial charge in [-0.1, -0.05) is 36.4 Å². The second-order valence-corrected chi connectivity index (χ2v) is 9.03. The van der Waals surface area contributed by atoms with Crippen molar-refractivity contribution in [2.75, 3.05) is 0 Å². The second kappa shape index (κ2) is 15.6. The Morgan fingerprint density at radius 1 is 0.625 bits per heavy atom. The molecular formula is C27H22F6N5PRu+4. The number of fused-ring (bicyclic) bond motifs is 3. The smallest absolute Gasteiger partial charge is 0.305 e. The molecule has 40 heavy (non-hydrogen) atoms. The summed E-state index contributed by atoms with van der Waals surface area (Å²) in [6.45, 7) is 2.86. The molecule has 0 bridgehead atoms. The zero-order chi connectivity index (χ0) is 29.4. The molecule has 3 heterocycles. The molecule has 0 radical (unpaired) electrons. The molecule has 13 heteroatoms. The molecule has 5 nitrogen and oxygen atoms in total. The average molecular weight is 663 g/mol. The molecule has 2 aromatic carbocycles. The van der Waals surface area contributed by atoms with E-state index >= 15 is 0 Å². The molecule has 0 aliphatic rings. The zero-order valence-corrected chi connectivity index (χ0v) is 23.7. The van der Waals surface area contributed by atoms with Gasteiger partial charge in [-0.05, 0) is 23.9 Å². The van der Waals surface area contributed by atoms with Crippen LogP contribution in [0.4, 0.5) is 25.2 Å². The predicted molar refractivity (Wildman–Crippen MR) is 142 cm³/mol. The number of halogens is 6. The summed E-state index contributed by atoms with van der Waals surface area (Å²) >= 11 is 0. The first-order chi connectivity index (χ1) is 18.2. The molecule has 0 spiro atoms. The van der Waals surface area contributed by atoms with Crippen LogP contribution in [-0.4, -0.2) is 15.0 Å². The third-order valence-corrected chi connectivity index (χ3v) is 3.99. The van der Waals surface area contributed by atoms with Gasteiger partial charge in [0.25, 0.3) is 0 Å². The first-order valence-corrected chi connectivity index (χ1v) is 12.9. The number of nitrogens with zero attached hydrogens (tertiary/aromatic N) is 5. The summed E-state index contributed by atoms with van der Waals surface area (Å²) in [5.74, 6) is 0. The topological polar surface area (TPSA) is 86.2 Å². The summed E-state index contributed by atoms with van der Waals surface area (Å²) in [4.78, 5) is 12.9. The summed E-state index contributed by atoms with van der Waals surface area (Å²) in [5.41, 5.74) is 3.97. The van der Waals surface area contributed by atoms with Gasteiger partial charge in [-0.2, -0.15) is 10.5 Å². The molecule has 0 aliphatic heterocycles. The Balaban J connectivity index is 0.000000534. The minimum atomic E-state index is -10.7. The standard InChI is InChI=1S/C12H8N2.C11H8N.2C2H3N.F6P.Ru/c1-3-9-5-6-10-4-2-8-14-12(10)11(9)13-7-1;1-2-6-10(7-3-1)11-8-4-5-9-12-11;2*1-2-3;1-7(2,3,4,5)6;/h1-8H;1-6,8-9H;2*1H3;;/q;-1;;;-1;+6. The zero-order valence-electron chi connectivity index (χ0n) is 21.0. The maximum absolute atomic E-state index is 10.7. The van der Waals surface area contributed by atoms with Gasteiger partial charge in [-0.25, -0.2) is 0 Å². The van der Waals surface area contributed by atoms with E-state index in [4.69, 9.17) is 10.5 Å². The van der Waals surface area contributed by atoms with Crippen LogP contribution in [0.1, 0.15) is 13.8 Å². The molecule has 0 unspecified atom stereocenters. The van der Waals surface area contributed by atoms with E-state index in [2.05, 4.69) is 45.3 Å². The normalized spacial score (nSPS) is 11.2. The van der Waals surface area contributed by atoms with Crippen molar-refractivity contribution in [2.24, 2.45) is 0 Å². The summed E-state index contributed by atoms with van der Waals surface area (Å²) in [6, 6.07) is 32.5. The Morgan fingerprint density at radius 2 is 1.05 bits per heavy atom.